The molecular weight excluding hydrogens is 268 g/mol. The lowest BCUT2D eigenvalue weighted by molar-refractivity contribution is 0.681. The molecular formula is C17H19ClN2. The first-order valence-electron chi connectivity index (χ1n) is 7.08. The van der Waals surface area contributed by atoms with Crippen LogP contribution in [0.4, 0.5) is 11.4 Å². The van der Waals surface area contributed by atoms with E-state index >= 15 is 0 Å². The molecule has 3 heteroatoms. The maximum absolute atomic E-state index is 6.15. The summed E-state index contributed by atoms with van der Waals surface area (Å²) in [6.45, 7) is 4.17. The van der Waals surface area contributed by atoms with Crippen molar-refractivity contribution in [1.82, 2.24) is 0 Å². The van der Waals surface area contributed by atoms with Crippen molar-refractivity contribution in [3.8, 4) is 0 Å². The number of nitrogens with one attached hydrogen (secondary N) is 1. The van der Waals surface area contributed by atoms with Gasteiger partial charge in [-0.05, 0) is 37.1 Å². The van der Waals surface area contributed by atoms with Crippen LogP contribution in [0.2, 0.25) is 5.02 Å². The topological polar surface area (TPSA) is 15.3 Å². The average molecular weight is 287 g/mol. The summed E-state index contributed by atoms with van der Waals surface area (Å²) in [5.41, 5.74) is 3.84. The van der Waals surface area contributed by atoms with Crippen molar-refractivity contribution >= 4 is 23.0 Å². The number of fused-ring (bicyclic) bond motifs is 1. The van der Waals surface area contributed by atoms with E-state index in [0.717, 1.165) is 30.2 Å². The molecule has 0 bridgehead atoms. The molecule has 0 saturated heterocycles. The zero-order chi connectivity index (χ0) is 13.9. The van der Waals surface area contributed by atoms with Crippen LogP contribution in [0.25, 0.3) is 0 Å². The third-order valence-electron chi connectivity index (χ3n) is 3.89. The number of hydrogen-bond donors (Lipinski definition) is 1. The van der Waals surface area contributed by atoms with Crippen molar-refractivity contribution in [2.24, 2.45) is 0 Å². The van der Waals surface area contributed by atoms with Gasteiger partial charge in [0, 0.05) is 24.8 Å². The van der Waals surface area contributed by atoms with E-state index in [-0.39, 0.29) is 0 Å². The van der Waals surface area contributed by atoms with Gasteiger partial charge in [-0.2, -0.15) is 0 Å². The zero-order valence-corrected chi connectivity index (χ0v) is 12.4. The summed E-state index contributed by atoms with van der Waals surface area (Å²) in [5.74, 6) is 0. The molecule has 1 aliphatic rings. The molecule has 0 aromatic heterocycles. The lowest BCUT2D eigenvalue weighted by Gasteiger charge is -2.25. The molecule has 1 heterocycles. The number of halogens is 1. The first-order chi connectivity index (χ1) is 9.75. The Morgan fingerprint density at radius 3 is 2.75 bits per heavy atom. The van der Waals surface area contributed by atoms with Gasteiger partial charge in [0.1, 0.15) is 0 Å². The first-order valence-corrected chi connectivity index (χ1v) is 7.46. The predicted molar refractivity (Wildman–Crippen MR) is 86.9 cm³/mol. The van der Waals surface area contributed by atoms with Gasteiger partial charge < -0.3 is 10.2 Å². The second-order valence-corrected chi connectivity index (χ2v) is 5.69. The summed E-state index contributed by atoms with van der Waals surface area (Å²) in [6, 6.07) is 17.1. The molecule has 2 aromatic carbocycles. The molecule has 0 saturated carbocycles. The Balaban J connectivity index is 1.63. The van der Waals surface area contributed by atoms with Crippen molar-refractivity contribution in [3.05, 3.63) is 59.1 Å². The molecule has 2 aromatic rings. The van der Waals surface area contributed by atoms with Gasteiger partial charge in [-0.3, -0.25) is 0 Å². The summed E-state index contributed by atoms with van der Waals surface area (Å²) in [7, 11) is 0. The van der Waals surface area contributed by atoms with Crippen molar-refractivity contribution in [2.45, 2.75) is 19.4 Å². The van der Waals surface area contributed by atoms with Gasteiger partial charge in [0.15, 0.2) is 0 Å². The van der Waals surface area contributed by atoms with Crippen LogP contribution in [0, 0.1) is 0 Å². The van der Waals surface area contributed by atoms with Crippen LogP contribution in [0.15, 0.2) is 48.5 Å². The summed E-state index contributed by atoms with van der Waals surface area (Å²) in [6.07, 6.45) is 1.14. The highest BCUT2D eigenvalue weighted by molar-refractivity contribution is 6.33. The molecule has 0 amide bonds. The molecule has 104 valence electrons. The summed E-state index contributed by atoms with van der Waals surface area (Å²) >= 11 is 6.15. The molecule has 20 heavy (non-hydrogen) atoms. The highest BCUT2D eigenvalue weighted by Crippen LogP contribution is 2.31. The smallest absolute Gasteiger partial charge is 0.0637 e. The monoisotopic (exact) mass is 286 g/mol. The zero-order valence-electron chi connectivity index (χ0n) is 11.6. The highest BCUT2D eigenvalue weighted by Gasteiger charge is 2.24. The third-order valence-corrected chi connectivity index (χ3v) is 4.22. The van der Waals surface area contributed by atoms with E-state index in [0.29, 0.717) is 6.04 Å². The summed E-state index contributed by atoms with van der Waals surface area (Å²) in [5, 5.41) is 4.20. The molecule has 2 nitrogen and oxygen atoms in total. The molecule has 0 spiro atoms. The molecule has 1 unspecified atom stereocenters. The lowest BCUT2D eigenvalue weighted by atomic mass is 10.1. The fourth-order valence-corrected chi connectivity index (χ4v) is 3.09. The van der Waals surface area contributed by atoms with Crippen molar-refractivity contribution in [1.29, 1.82) is 0 Å². The fraction of sp³-hybridized carbons (Fsp3) is 0.294. The van der Waals surface area contributed by atoms with E-state index in [9.17, 15) is 0 Å². The van der Waals surface area contributed by atoms with Gasteiger partial charge in [-0.25, -0.2) is 0 Å². The summed E-state index contributed by atoms with van der Waals surface area (Å²) in [4.78, 5) is 2.47. The Morgan fingerprint density at radius 1 is 1.15 bits per heavy atom. The first kappa shape index (κ1) is 13.3. The molecule has 1 N–H and O–H groups in total. The van der Waals surface area contributed by atoms with Gasteiger partial charge in [-0.15, -0.1) is 0 Å². The Bertz CT molecular complexity index is 597. The van der Waals surface area contributed by atoms with Crippen molar-refractivity contribution in [2.75, 3.05) is 23.3 Å². The van der Waals surface area contributed by atoms with Crippen LogP contribution in [0.1, 0.15) is 12.5 Å². The average Bonchev–Trinajstić information content (AvgIpc) is 2.77. The SMILES string of the molecule is CC1Cc2ccccc2N1CCNc1ccccc1Cl. The van der Waals surface area contributed by atoms with Crippen molar-refractivity contribution < 1.29 is 0 Å². The second kappa shape index (κ2) is 5.76. The van der Waals surface area contributed by atoms with Gasteiger partial charge in [0.2, 0.25) is 0 Å². The molecule has 1 atom stereocenters. The number of anilines is 2. The fourth-order valence-electron chi connectivity index (χ4n) is 2.89. The Kier molecular flexibility index (Phi) is 3.83. The molecule has 0 fully saturated rings. The van der Waals surface area contributed by atoms with Gasteiger partial charge in [0.25, 0.3) is 0 Å². The molecule has 0 radical (unpaired) electrons. The second-order valence-electron chi connectivity index (χ2n) is 5.28. The summed E-state index contributed by atoms with van der Waals surface area (Å²) < 4.78 is 0. The van der Waals surface area contributed by atoms with E-state index in [1.54, 1.807) is 0 Å². The molecule has 0 aliphatic carbocycles. The minimum absolute atomic E-state index is 0.570. The third kappa shape index (κ3) is 2.61. The minimum Gasteiger partial charge on any atom is -0.382 e. The van der Waals surface area contributed by atoms with E-state index in [4.69, 9.17) is 11.6 Å². The molecule has 3 rings (SSSR count). The minimum atomic E-state index is 0.570. The van der Waals surface area contributed by atoms with E-state index in [1.165, 1.54) is 11.3 Å². The number of para-hydroxylation sites is 2. The van der Waals surface area contributed by atoms with E-state index in [2.05, 4.69) is 41.4 Å². The number of hydrogen-bond acceptors (Lipinski definition) is 2. The lowest BCUT2D eigenvalue weighted by Crippen LogP contribution is -2.33. The highest BCUT2D eigenvalue weighted by atomic mass is 35.5. The van der Waals surface area contributed by atoms with Crippen LogP contribution < -0.4 is 10.2 Å². The number of benzene rings is 2. The van der Waals surface area contributed by atoms with E-state index in [1.807, 2.05) is 24.3 Å². The van der Waals surface area contributed by atoms with Crippen LogP contribution >= 0.6 is 11.6 Å². The maximum atomic E-state index is 6.15. The Hall–Kier alpha value is -1.67. The Labute approximate surface area is 125 Å². The van der Waals surface area contributed by atoms with Crippen LogP contribution in [0.5, 0.6) is 0 Å². The maximum Gasteiger partial charge on any atom is 0.0637 e. The molecule has 1 aliphatic heterocycles. The van der Waals surface area contributed by atoms with Crippen LogP contribution in [-0.2, 0) is 6.42 Å². The number of rotatable bonds is 4. The Morgan fingerprint density at radius 2 is 1.90 bits per heavy atom. The predicted octanol–water partition coefficient (Wildman–Crippen LogP) is 4.20. The van der Waals surface area contributed by atoms with Gasteiger partial charge >= 0.3 is 0 Å². The number of nitrogens with zero attached hydrogens (tertiary/aromatic N) is 1. The van der Waals surface area contributed by atoms with Gasteiger partial charge in [-0.1, -0.05) is 41.9 Å². The van der Waals surface area contributed by atoms with Crippen LogP contribution in [0.3, 0.4) is 0 Å². The van der Waals surface area contributed by atoms with Crippen molar-refractivity contribution in [3.63, 3.8) is 0 Å². The quantitative estimate of drug-likeness (QED) is 0.906. The largest absolute Gasteiger partial charge is 0.382 e. The normalized spacial score (nSPS) is 17.1. The van der Waals surface area contributed by atoms with Crippen LogP contribution in [-0.4, -0.2) is 19.1 Å². The standard InChI is InChI=1S/C17H19ClN2/c1-13-12-14-6-2-5-9-17(14)20(13)11-10-19-16-8-4-3-7-15(16)18/h2-9,13,19H,10-12H2,1H3. The van der Waals surface area contributed by atoms with E-state index < -0.39 is 0 Å². The van der Waals surface area contributed by atoms with Gasteiger partial charge in [0.05, 0.1) is 10.7 Å².